The summed E-state index contributed by atoms with van der Waals surface area (Å²) in [6.07, 6.45) is 0. The Morgan fingerprint density at radius 3 is 2.40 bits per heavy atom. The first kappa shape index (κ1) is 18.5. The fraction of sp³-hybridized carbons (Fsp3) is 0.118. The number of carbonyl (C=O) groups excluding carboxylic acids is 3. The summed E-state index contributed by atoms with van der Waals surface area (Å²) >= 11 is 3.30. The second kappa shape index (κ2) is 8.84. The number of hydrogen-bond donors (Lipinski definition) is 2. The SMILES string of the molecule is NC(=O)COc1ccccc1C(=O)OCC(=O)Nc1ccccc1Br. The van der Waals surface area contributed by atoms with Gasteiger partial charge >= 0.3 is 5.97 Å². The number of hydrogen-bond acceptors (Lipinski definition) is 5. The van der Waals surface area contributed by atoms with Gasteiger partial charge in [-0.2, -0.15) is 0 Å². The Hall–Kier alpha value is -2.87. The summed E-state index contributed by atoms with van der Waals surface area (Å²) < 4.78 is 10.9. The van der Waals surface area contributed by atoms with Crippen LogP contribution in [0, 0.1) is 0 Å². The van der Waals surface area contributed by atoms with Gasteiger partial charge in [0, 0.05) is 4.47 Å². The van der Waals surface area contributed by atoms with E-state index in [4.69, 9.17) is 15.2 Å². The van der Waals surface area contributed by atoms with E-state index in [0.29, 0.717) is 10.2 Å². The molecule has 0 atom stereocenters. The van der Waals surface area contributed by atoms with Crippen LogP contribution < -0.4 is 15.8 Å². The Bertz CT molecular complexity index is 794. The largest absolute Gasteiger partial charge is 0.483 e. The van der Waals surface area contributed by atoms with Crippen LogP contribution in [0.15, 0.2) is 53.0 Å². The van der Waals surface area contributed by atoms with Crippen molar-refractivity contribution >= 4 is 39.4 Å². The molecule has 25 heavy (non-hydrogen) atoms. The van der Waals surface area contributed by atoms with Gasteiger partial charge in [0.05, 0.1) is 5.69 Å². The molecule has 2 rings (SSSR count). The van der Waals surface area contributed by atoms with E-state index in [0.717, 1.165) is 0 Å². The zero-order valence-corrected chi connectivity index (χ0v) is 14.6. The first-order chi connectivity index (χ1) is 12.0. The number of nitrogens with two attached hydrogens (primary N) is 1. The van der Waals surface area contributed by atoms with Crippen LogP contribution in [0.4, 0.5) is 5.69 Å². The van der Waals surface area contributed by atoms with Crippen LogP contribution in [-0.4, -0.2) is 31.0 Å². The third-order valence-corrected chi connectivity index (χ3v) is 3.65. The maximum atomic E-state index is 12.1. The molecule has 3 N–H and O–H groups in total. The van der Waals surface area contributed by atoms with Crippen molar-refractivity contribution in [2.75, 3.05) is 18.5 Å². The van der Waals surface area contributed by atoms with E-state index >= 15 is 0 Å². The van der Waals surface area contributed by atoms with Crippen LogP contribution in [0.25, 0.3) is 0 Å². The second-order valence-corrected chi connectivity index (χ2v) is 5.71. The van der Waals surface area contributed by atoms with Crippen LogP contribution in [0.1, 0.15) is 10.4 Å². The Morgan fingerprint density at radius 2 is 1.68 bits per heavy atom. The third kappa shape index (κ3) is 5.61. The number of carbonyl (C=O) groups is 3. The number of ether oxygens (including phenoxy) is 2. The molecule has 0 aliphatic carbocycles. The molecule has 0 heterocycles. The lowest BCUT2D eigenvalue weighted by atomic mass is 10.2. The van der Waals surface area contributed by atoms with Crippen LogP contribution in [-0.2, 0) is 14.3 Å². The van der Waals surface area contributed by atoms with Gasteiger partial charge in [0.15, 0.2) is 13.2 Å². The van der Waals surface area contributed by atoms with E-state index in [-0.39, 0.29) is 17.9 Å². The topological polar surface area (TPSA) is 108 Å². The zero-order chi connectivity index (χ0) is 18.2. The molecule has 2 aromatic carbocycles. The van der Waals surface area contributed by atoms with Gasteiger partial charge in [0.1, 0.15) is 11.3 Å². The lowest BCUT2D eigenvalue weighted by Gasteiger charge is -2.11. The molecule has 0 bridgehead atoms. The molecule has 0 saturated heterocycles. The number of esters is 1. The monoisotopic (exact) mass is 406 g/mol. The number of amides is 2. The smallest absolute Gasteiger partial charge is 0.342 e. The van der Waals surface area contributed by atoms with Gasteiger partial charge in [-0.3, -0.25) is 9.59 Å². The van der Waals surface area contributed by atoms with Crippen molar-refractivity contribution in [2.45, 2.75) is 0 Å². The Morgan fingerprint density at radius 1 is 1.00 bits per heavy atom. The van der Waals surface area contributed by atoms with Crippen LogP contribution in [0.5, 0.6) is 5.75 Å². The highest BCUT2D eigenvalue weighted by Gasteiger charge is 2.16. The summed E-state index contributed by atoms with van der Waals surface area (Å²) in [7, 11) is 0. The van der Waals surface area contributed by atoms with E-state index < -0.39 is 24.4 Å². The minimum Gasteiger partial charge on any atom is -0.483 e. The van der Waals surface area contributed by atoms with Gasteiger partial charge < -0.3 is 20.5 Å². The maximum Gasteiger partial charge on any atom is 0.342 e. The van der Waals surface area contributed by atoms with Crippen molar-refractivity contribution < 1.29 is 23.9 Å². The zero-order valence-electron chi connectivity index (χ0n) is 13.0. The molecule has 0 fully saturated rings. The van der Waals surface area contributed by atoms with Crippen molar-refractivity contribution in [2.24, 2.45) is 5.73 Å². The highest BCUT2D eigenvalue weighted by atomic mass is 79.9. The molecule has 0 aromatic heterocycles. The number of rotatable bonds is 7. The van der Waals surface area contributed by atoms with Gasteiger partial charge in [-0.05, 0) is 40.2 Å². The number of nitrogens with one attached hydrogen (secondary N) is 1. The first-order valence-electron chi connectivity index (χ1n) is 7.19. The van der Waals surface area contributed by atoms with Gasteiger partial charge in [-0.25, -0.2) is 4.79 Å². The van der Waals surface area contributed by atoms with Crippen molar-refractivity contribution in [1.29, 1.82) is 0 Å². The molecule has 0 aliphatic rings. The lowest BCUT2D eigenvalue weighted by molar-refractivity contribution is -0.120. The molecule has 0 saturated carbocycles. The number of primary amides is 1. The first-order valence-corrected chi connectivity index (χ1v) is 7.98. The van der Waals surface area contributed by atoms with Gasteiger partial charge in [0.25, 0.3) is 11.8 Å². The Balaban J connectivity index is 1.95. The summed E-state index contributed by atoms with van der Waals surface area (Å²) in [6, 6.07) is 13.2. The quantitative estimate of drug-likeness (QED) is 0.684. The minimum atomic E-state index is -0.748. The molecule has 2 aromatic rings. The lowest BCUT2D eigenvalue weighted by Crippen LogP contribution is -2.23. The number of benzene rings is 2. The highest BCUT2D eigenvalue weighted by molar-refractivity contribution is 9.10. The molecule has 0 unspecified atom stereocenters. The van der Waals surface area contributed by atoms with Gasteiger partial charge in [-0.15, -0.1) is 0 Å². The standard InChI is InChI=1S/C17H15BrN2O5/c18-12-6-2-3-7-13(12)20-16(22)10-25-17(23)11-5-1-4-8-14(11)24-9-15(19)21/h1-8H,9-10H2,(H2,19,21)(H,20,22). The van der Waals surface area contributed by atoms with E-state index in [2.05, 4.69) is 21.2 Å². The van der Waals surface area contributed by atoms with Crippen molar-refractivity contribution in [3.05, 3.63) is 58.6 Å². The molecular formula is C17H15BrN2O5. The number of anilines is 1. The van der Waals surface area contributed by atoms with Gasteiger partial charge in [-0.1, -0.05) is 24.3 Å². The average Bonchev–Trinajstić information content (AvgIpc) is 2.60. The van der Waals surface area contributed by atoms with Crippen LogP contribution in [0.3, 0.4) is 0 Å². The van der Waals surface area contributed by atoms with Crippen LogP contribution in [0.2, 0.25) is 0 Å². The fourth-order valence-electron chi connectivity index (χ4n) is 1.87. The predicted molar refractivity (Wildman–Crippen MR) is 94.2 cm³/mol. The Labute approximate surface area is 152 Å². The highest BCUT2D eigenvalue weighted by Crippen LogP contribution is 2.21. The predicted octanol–water partition coefficient (Wildman–Crippen LogP) is 2.11. The molecule has 0 aliphatic heterocycles. The van der Waals surface area contributed by atoms with Crippen molar-refractivity contribution in [3.63, 3.8) is 0 Å². The molecule has 7 nitrogen and oxygen atoms in total. The number of halogens is 1. The molecule has 0 radical (unpaired) electrons. The van der Waals surface area contributed by atoms with E-state index in [1.54, 1.807) is 30.3 Å². The van der Waals surface area contributed by atoms with Crippen molar-refractivity contribution in [3.8, 4) is 5.75 Å². The van der Waals surface area contributed by atoms with Crippen molar-refractivity contribution in [1.82, 2.24) is 0 Å². The molecular weight excluding hydrogens is 392 g/mol. The number of para-hydroxylation sites is 2. The normalized spacial score (nSPS) is 9.96. The Kier molecular flexibility index (Phi) is 6.53. The third-order valence-electron chi connectivity index (χ3n) is 2.96. The second-order valence-electron chi connectivity index (χ2n) is 4.86. The summed E-state index contributed by atoms with van der Waals surface area (Å²) in [5.41, 5.74) is 5.67. The summed E-state index contributed by atoms with van der Waals surface area (Å²) in [4.78, 5) is 34.8. The van der Waals surface area contributed by atoms with Gasteiger partial charge in [0.2, 0.25) is 0 Å². The summed E-state index contributed by atoms with van der Waals surface area (Å²) in [5, 5.41) is 2.62. The fourth-order valence-corrected chi connectivity index (χ4v) is 2.25. The van der Waals surface area contributed by atoms with Crippen LogP contribution >= 0.6 is 15.9 Å². The maximum absolute atomic E-state index is 12.1. The summed E-state index contributed by atoms with van der Waals surface area (Å²) in [6.45, 7) is -0.836. The van der Waals surface area contributed by atoms with E-state index in [1.165, 1.54) is 12.1 Å². The average molecular weight is 407 g/mol. The van der Waals surface area contributed by atoms with E-state index in [1.807, 2.05) is 6.07 Å². The molecule has 130 valence electrons. The minimum absolute atomic E-state index is 0.0949. The van der Waals surface area contributed by atoms with E-state index in [9.17, 15) is 14.4 Å². The molecule has 8 heteroatoms. The summed E-state index contributed by atoms with van der Waals surface area (Å²) in [5.74, 6) is -1.76. The molecule has 2 amide bonds. The molecule has 0 spiro atoms.